The Morgan fingerprint density at radius 2 is 1.83 bits per heavy atom. The molecule has 0 saturated heterocycles. The van der Waals surface area contributed by atoms with E-state index >= 15 is 0 Å². The Morgan fingerprint density at radius 1 is 1.28 bits per heavy atom. The lowest BCUT2D eigenvalue weighted by atomic mass is 10.3. The number of hydrogen-bond acceptors (Lipinski definition) is 4. The normalized spacial score (nSPS) is 12.1. The van der Waals surface area contributed by atoms with Crippen LogP contribution >= 0.6 is 0 Å². The molecule has 0 amide bonds. The maximum Gasteiger partial charge on any atom is 0.243 e. The Labute approximate surface area is 109 Å². The summed E-state index contributed by atoms with van der Waals surface area (Å²) in [6.45, 7) is 4.50. The van der Waals surface area contributed by atoms with E-state index < -0.39 is 10.0 Å². The van der Waals surface area contributed by atoms with Gasteiger partial charge in [-0.1, -0.05) is 0 Å². The number of hydrogen-bond donors (Lipinski definition) is 1. The Bertz CT molecular complexity index is 469. The molecule has 5 nitrogen and oxygen atoms in total. The predicted octanol–water partition coefficient (Wildman–Crippen LogP) is 1.05. The standard InChI is InChI=1S/C12H20N2O3S/c1-10(2)14(3)18(15,16)12-6-4-11(5-7-12)17-9-8-13/h4-7,10H,8-9,13H2,1-3H3. The average Bonchev–Trinajstić information content (AvgIpc) is 2.35. The lowest BCUT2D eigenvalue weighted by Gasteiger charge is -2.21. The monoisotopic (exact) mass is 272 g/mol. The fourth-order valence-corrected chi connectivity index (χ4v) is 2.70. The van der Waals surface area contributed by atoms with Crippen molar-refractivity contribution in [3.8, 4) is 5.75 Å². The maximum absolute atomic E-state index is 12.2. The molecule has 1 aromatic carbocycles. The second kappa shape index (κ2) is 6.17. The zero-order valence-electron chi connectivity index (χ0n) is 11.0. The highest BCUT2D eigenvalue weighted by Gasteiger charge is 2.22. The minimum absolute atomic E-state index is 0.0804. The minimum atomic E-state index is -3.42. The van der Waals surface area contributed by atoms with Crippen molar-refractivity contribution in [2.24, 2.45) is 5.73 Å². The summed E-state index contributed by atoms with van der Waals surface area (Å²) in [6.07, 6.45) is 0. The molecule has 0 bridgehead atoms. The molecule has 0 heterocycles. The van der Waals surface area contributed by atoms with Crippen molar-refractivity contribution in [2.75, 3.05) is 20.2 Å². The van der Waals surface area contributed by atoms with Crippen LogP contribution < -0.4 is 10.5 Å². The SMILES string of the molecule is CC(C)N(C)S(=O)(=O)c1ccc(OCCN)cc1. The van der Waals surface area contributed by atoms with Crippen molar-refractivity contribution < 1.29 is 13.2 Å². The van der Waals surface area contributed by atoms with E-state index in [1.165, 1.54) is 4.31 Å². The zero-order valence-corrected chi connectivity index (χ0v) is 11.8. The number of ether oxygens (including phenoxy) is 1. The van der Waals surface area contributed by atoms with Crippen LogP contribution in [0.3, 0.4) is 0 Å². The van der Waals surface area contributed by atoms with Gasteiger partial charge in [-0.05, 0) is 38.1 Å². The van der Waals surface area contributed by atoms with E-state index in [0.717, 1.165) is 0 Å². The van der Waals surface area contributed by atoms with Gasteiger partial charge in [-0.2, -0.15) is 4.31 Å². The first kappa shape index (κ1) is 14.9. The summed E-state index contributed by atoms with van der Waals surface area (Å²) < 4.78 is 31.0. The first-order valence-corrected chi connectivity index (χ1v) is 7.24. The Balaban J connectivity index is 2.91. The molecule has 0 aliphatic heterocycles. The molecule has 18 heavy (non-hydrogen) atoms. The van der Waals surface area contributed by atoms with E-state index in [9.17, 15) is 8.42 Å². The molecule has 102 valence electrons. The van der Waals surface area contributed by atoms with Crippen LogP contribution in [0.25, 0.3) is 0 Å². The Kier molecular flexibility index (Phi) is 5.13. The average molecular weight is 272 g/mol. The van der Waals surface area contributed by atoms with E-state index in [1.807, 2.05) is 13.8 Å². The van der Waals surface area contributed by atoms with Crippen LogP contribution in [0.4, 0.5) is 0 Å². The largest absolute Gasteiger partial charge is 0.492 e. The molecule has 1 aromatic rings. The van der Waals surface area contributed by atoms with Crippen LogP contribution in [0.2, 0.25) is 0 Å². The third-order valence-corrected chi connectivity index (χ3v) is 4.66. The summed E-state index contributed by atoms with van der Waals surface area (Å²) in [7, 11) is -1.85. The van der Waals surface area contributed by atoms with Crippen molar-refractivity contribution in [1.82, 2.24) is 4.31 Å². The van der Waals surface area contributed by atoms with Crippen LogP contribution in [0.1, 0.15) is 13.8 Å². The summed E-state index contributed by atoms with van der Waals surface area (Å²) in [5.74, 6) is 0.617. The van der Waals surface area contributed by atoms with Crippen molar-refractivity contribution in [3.63, 3.8) is 0 Å². The highest BCUT2D eigenvalue weighted by molar-refractivity contribution is 7.89. The van der Waals surface area contributed by atoms with Gasteiger partial charge in [0.15, 0.2) is 0 Å². The number of sulfonamides is 1. The van der Waals surface area contributed by atoms with Gasteiger partial charge in [0, 0.05) is 19.6 Å². The lowest BCUT2D eigenvalue weighted by Crippen LogP contribution is -2.32. The second-order valence-corrected chi connectivity index (χ2v) is 6.22. The summed E-state index contributed by atoms with van der Waals surface area (Å²) in [5, 5.41) is 0. The van der Waals surface area contributed by atoms with Gasteiger partial charge in [-0.15, -0.1) is 0 Å². The van der Waals surface area contributed by atoms with Gasteiger partial charge >= 0.3 is 0 Å². The number of benzene rings is 1. The predicted molar refractivity (Wildman–Crippen MR) is 71.1 cm³/mol. The van der Waals surface area contributed by atoms with Gasteiger partial charge < -0.3 is 10.5 Å². The number of nitrogens with zero attached hydrogens (tertiary/aromatic N) is 1. The third kappa shape index (κ3) is 3.44. The summed E-state index contributed by atoms with van der Waals surface area (Å²) >= 11 is 0. The van der Waals surface area contributed by atoms with Crippen molar-refractivity contribution >= 4 is 10.0 Å². The molecular weight excluding hydrogens is 252 g/mol. The van der Waals surface area contributed by atoms with Crippen LogP contribution in [0.5, 0.6) is 5.75 Å². The van der Waals surface area contributed by atoms with Crippen LogP contribution in [-0.2, 0) is 10.0 Å². The maximum atomic E-state index is 12.2. The van der Waals surface area contributed by atoms with Crippen molar-refractivity contribution in [3.05, 3.63) is 24.3 Å². The number of nitrogens with two attached hydrogens (primary N) is 1. The molecule has 0 radical (unpaired) electrons. The highest BCUT2D eigenvalue weighted by atomic mass is 32.2. The lowest BCUT2D eigenvalue weighted by molar-refractivity contribution is 0.328. The molecule has 0 aliphatic rings. The second-order valence-electron chi connectivity index (χ2n) is 4.22. The molecule has 0 atom stereocenters. The molecule has 0 unspecified atom stereocenters. The topological polar surface area (TPSA) is 72.6 Å². The van der Waals surface area contributed by atoms with Crippen molar-refractivity contribution in [1.29, 1.82) is 0 Å². The quantitative estimate of drug-likeness (QED) is 0.840. The molecule has 0 spiro atoms. The molecule has 0 fully saturated rings. The van der Waals surface area contributed by atoms with Crippen LogP contribution in [0.15, 0.2) is 29.2 Å². The van der Waals surface area contributed by atoms with Gasteiger partial charge in [-0.3, -0.25) is 0 Å². The van der Waals surface area contributed by atoms with Gasteiger partial charge in [0.2, 0.25) is 10.0 Å². The molecule has 2 N–H and O–H groups in total. The van der Waals surface area contributed by atoms with Gasteiger partial charge in [0.1, 0.15) is 12.4 Å². The first-order valence-electron chi connectivity index (χ1n) is 5.80. The molecule has 6 heteroatoms. The minimum Gasteiger partial charge on any atom is -0.492 e. The third-order valence-electron chi connectivity index (χ3n) is 2.61. The zero-order chi connectivity index (χ0) is 13.8. The summed E-state index contributed by atoms with van der Waals surface area (Å²) in [4.78, 5) is 0.263. The van der Waals surface area contributed by atoms with Gasteiger partial charge in [-0.25, -0.2) is 8.42 Å². The van der Waals surface area contributed by atoms with E-state index in [-0.39, 0.29) is 10.9 Å². The fourth-order valence-electron chi connectivity index (χ4n) is 1.33. The van der Waals surface area contributed by atoms with E-state index in [2.05, 4.69) is 0 Å². The number of rotatable bonds is 6. The molecular formula is C12H20N2O3S. The molecule has 1 rings (SSSR count). The Morgan fingerprint density at radius 3 is 2.28 bits per heavy atom. The van der Waals surface area contributed by atoms with E-state index in [4.69, 9.17) is 10.5 Å². The molecule has 0 aromatic heterocycles. The Hall–Kier alpha value is -1.11. The van der Waals surface area contributed by atoms with Crippen molar-refractivity contribution in [2.45, 2.75) is 24.8 Å². The molecule has 0 aliphatic carbocycles. The van der Waals surface area contributed by atoms with Crippen LogP contribution in [-0.4, -0.2) is 39.0 Å². The van der Waals surface area contributed by atoms with E-state index in [0.29, 0.717) is 18.9 Å². The highest BCUT2D eigenvalue weighted by Crippen LogP contribution is 2.19. The first-order chi connectivity index (χ1) is 8.39. The van der Waals surface area contributed by atoms with E-state index in [1.54, 1.807) is 31.3 Å². The summed E-state index contributed by atoms with van der Waals surface area (Å²) in [5.41, 5.74) is 5.32. The van der Waals surface area contributed by atoms with Gasteiger partial charge in [0.05, 0.1) is 4.90 Å². The smallest absolute Gasteiger partial charge is 0.243 e. The fraction of sp³-hybridized carbons (Fsp3) is 0.500. The van der Waals surface area contributed by atoms with Gasteiger partial charge in [0.25, 0.3) is 0 Å². The molecule has 0 saturated carbocycles. The van der Waals surface area contributed by atoms with Crippen LogP contribution in [0, 0.1) is 0 Å². The summed E-state index contributed by atoms with van der Waals surface area (Å²) in [6, 6.07) is 6.27.